The monoisotopic (exact) mass is 407 g/mol. The first-order chi connectivity index (χ1) is 13.0. The zero-order valence-electron chi connectivity index (χ0n) is 15.1. The van der Waals surface area contributed by atoms with E-state index in [0.717, 1.165) is 6.07 Å². The molecule has 1 heterocycles. The van der Waals surface area contributed by atoms with Crippen molar-refractivity contribution >= 4 is 11.8 Å². The number of nitrogens with two attached hydrogens (primary N) is 1. The maximum Gasteiger partial charge on any atom is 0.327 e. The molecule has 1 aliphatic heterocycles. The second kappa shape index (κ2) is 8.85. The molecule has 0 aromatic heterocycles. The number of piperidine rings is 1. The molecule has 5 nitrogen and oxygen atoms in total. The normalized spacial score (nSPS) is 19.1. The number of unbranched alkanes of at least 4 members (excludes halogenated alkanes) is 1. The zero-order valence-corrected chi connectivity index (χ0v) is 15.1. The quantitative estimate of drug-likeness (QED) is 0.539. The van der Waals surface area contributed by atoms with Crippen LogP contribution in [0.1, 0.15) is 36.0 Å². The number of hydrogen-bond acceptors (Lipinski definition) is 3. The van der Waals surface area contributed by atoms with Crippen molar-refractivity contribution in [3.63, 3.8) is 0 Å². The van der Waals surface area contributed by atoms with Crippen molar-refractivity contribution in [3.8, 4) is 0 Å². The minimum atomic E-state index is -4.28. The number of carbonyl (C=O) groups is 2. The highest BCUT2D eigenvalue weighted by molar-refractivity contribution is 5.94. The Labute approximate surface area is 159 Å². The van der Waals surface area contributed by atoms with Crippen LogP contribution in [-0.4, -0.2) is 54.2 Å². The Hall–Kier alpha value is -2.23. The van der Waals surface area contributed by atoms with E-state index >= 15 is 0 Å². The van der Waals surface area contributed by atoms with E-state index in [0.29, 0.717) is 17.7 Å². The number of hydrogen-bond donors (Lipinski definition) is 2. The summed E-state index contributed by atoms with van der Waals surface area (Å²) in [5.41, 5.74) is 5.88. The van der Waals surface area contributed by atoms with E-state index in [1.807, 2.05) is 0 Å². The van der Waals surface area contributed by atoms with Crippen LogP contribution in [0.3, 0.4) is 0 Å². The summed E-state index contributed by atoms with van der Waals surface area (Å²) in [5, 5.41) is 2.59. The van der Waals surface area contributed by atoms with Crippen LogP contribution in [-0.2, 0) is 4.79 Å². The van der Waals surface area contributed by atoms with Gasteiger partial charge in [0.1, 0.15) is 5.82 Å². The predicted octanol–water partition coefficient (Wildman–Crippen LogP) is 2.56. The van der Waals surface area contributed by atoms with E-state index in [4.69, 9.17) is 5.73 Å². The fourth-order valence-electron chi connectivity index (χ4n) is 2.86. The van der Waals surface area contributed by atoms with Crippen LogP contribution in [0.5, 0.6) is 0 Å². The lowest BCUT2D eigenvalue weighted by molar-refractivity contribution is -0.239. The van der Waals surface area contributed by atoms with Crippen LogP contribution in [0, 0.1) is 5.82 Å². The molecule has 0 saturated carbocycles. The van der Waals surface area contributed by atoms with Crippen molar-refractivity contribution in [1.29, 1.82) is 0 Å². The standard InChI is InChI=1S/C18H22F5N3O2/c19-13-5-3-4-12(10-13)15(27)25-8-2-1-6-14(24)16(28)26-9-7-17(20,21)18(22,23)11-26/h3-5,10,14H,1-2,6-9,11,24H2,(H,25,27). The Morgan fingerprint density at radius 2 is 1.89 bits per heavy atom. The predicted molar refractivity (Wildman–Crippen MR) is 91.7 cm³/mol. The molecule has 1 aliphatic rings. The highest BCUT2D eigenvalue weighted by Crippen LogP contribution is 2.40. The van der Waals surface area contributed by atoms with E-state index in [-0.39, 0.29) is 18.5 Å². The minimum absolute atomic E-state index is 0.160. The molecule has 1 atom stereocenters. The Morgan fingerprint density at radius 3 is 2.54 bits per heavy atom. The van der Waals surface area contributed by atoms with Gasteiger partial charge in [-0.2, -0.15) is 17.6 Å². The number of nitrogens with one attached hydrogen (secondary N) is 1. The molecule has 10 heteroatoms. The fraction of sp³-hybridized carbons (Fsp3) is 0.556. The van der Waals surface area contributed by atoms with Crippen molar-refractivity contribution in [2.45, 2.75) is 43.6 Å². The summed E-state index contributed by atoms with van der Waals surface area (Å²) >= 11 is 0. The van der Waals surface area contributed by atoms with Gasteiger partial charge < -0.3 is 16.0 Å². The van der Waals surface area contributed by atoms with Gasteiger partial charge in [0.05, 0.1) is 12.6 Å². The maximum absolute atomic E-state index is 13.4. The van der Waals surface area contributed by atoms with Gasteiger partial charge in [-0.25, -0.2) is 4.39 Å². The van der Waals surface area contributed by atoms with Crippen LogP contribution in [0.4, 0.5) is 22.0 Å². The SMILES string of the molecule is NC(CCCCNC(=O)c1cccc(F)c1)C(=O)N1CCC(F)(F)C(F)(F)C1. The maximum atomic E-state index is 13.4. The van der Waals surface area contributed by atoms with Gasteiger partial charge >= 0.3 is 11.8 Å². The fourth-order valence-corrected chi connectivity index (χ4v) is 2.86. The molecular weight excluding hydrogens is 385 g/mol. The minimum Gasteiger partial charge on any atom is -0.352 e. The van der Waals surface area contributed by atoms with Crippen LogP contribution in [0.15, 0.2) is 24.3 Å². The molecule has 3 N–H and O–H groups in total. The van der Waals surface area contributed by atoms with Gasteiger partial charge in [0.25, 0.3) is 5.91 Å². The lowest BCUT2D eigenvalue weighted by atomic mass is 10.0. The van der Waals surface area contributed by atoms with Crippen molar-refractivity contribution in [3.05, 3.63) is 35.6 Å². The molecule has 0 aliphatic carbocycles. The zero-order chi connectivity index (χ0) is 20.9. The number of alkyl halides is 4. The summed E-state index contributed by atoms with van der Waals surface area (Å²) in [6.07, 6.45) is -0.0787. The molecule has 0 radical (unpaired) electrons. The largest absolute Gasteiger partial charge is 0.352 e. The van der Waals surface area contributed by atoms with Gasteiger partial charge in [-0.05, 0) is 37.5 Å². The Balaban J connectivity index is 1.70. The summed E-state index contributed by atoms with van der Waals surface area (Å²) in [7, 11) is 0. The Kier molecular flexibility index (Phi) is 6.97. The lowest BCUT2D eigenvalue weighted by Gasteiger charge is -2.38. The number of nitrogens with zero attached hydrogens (tertiary/aromatic N) is 1. The van der Waals surface area contributed by atoms with E-state index < -0.39 is 55.0 Å². The summed E-state index contributed by atoms with van der Waals surface area (Å²) < 4.78 is 66.1. The van der Waals surface area contributed by atoms with Crippen molar-refractivity contribution < 1.29 is 31.5 Å². The molecular formula is C18H22F5N3O2. The number of benzene rings is 1. The summed E-state index contributed by atoms with van der Waals surface area (Å²) in [6.45, 7) is -1.57. The lowest BCUT2D eigenvalue weighted by Crippen LogP contribution is -2.59. The molecule has 28 heavy (non-hydrogen) atoms. The molecule has 0 spiro atoms. The first kappa shape index (κ1) is 22.1. The van der Waals surface area contributed by atoms with Gasteiger partial charge in [-0.15, -0.1) is 0 Å². The Bertz CT molecular complexity index is 714. The van der Waals surface area contributed by atoms with Gasteiger partial charge in [-0.1, -0.05) is 6.07 Å². The molecule has 1 fully saturated rings. The second-order valence-corrected chi connectivity index (χ2v) is 6.79. The van der Waals surface area contributed by atoms with Crippen LogP contribution < -0.4 is 11.1 Å². The third kappa shape index (κ3) is 5.40. The van der Waals surface area contributed by atoms with Crippen molar-refractivity contribution in [1.82, 2.24) is 10.2 Å². The number of carbonyl (C=O) groups excluding carboxylic acids is 2. The third-order valence-electron chi connectivity index (χ3n) is 4.56. The van der Waals surface area contributed by atoms with Crippen molar-refractivity contribution in [2.75, 3.05) is 19.6 Å². The molecule has 156 valence electrons. The van der Waals surface area contributed by atoms with Gasteiger partial charge in [0.2, 0.25) is 5.91 Å². The van der Waals surface area contributed by atoms with E-state index in [9.17, 15) is 31.5 Å². The van der Waals surface area contributed by atoms with Gasteiger partial charge in [-0.3, -0.25) is 9.59 Å². The van der Waals surface area contributed by atoms with Gasteiger partial charge in [0.15, 0.2) is 0 Å². The molecule has 1 aromatic carbocycles. The Morgan fingerprint density at radius 1 is 1.18 bits per heavy atom. The van der Waals surface area contributed by atoms with E-state index in [1.54, 1.807) is 0 Å². The second-order valence-electron chi connectivity index (χ2n) is 6.79. The first-order valence-electron chi connectivity index (χ1n) is 8.87. The number of rotatable bonds is 7. The topological polar surface area (TPSA) is 75.4 Å². The summed E-state index contributed by atoms with van der Waals surface area (Å²) in [5.74, 6) is -10.2. The average molecular weight is 407 g/mol. The number of halogens is 5. The van der Waals surface area contributed by atoms with Gasteiger partial charge in [0, 0.05) is 25.1 Å². The smallest absolute Gasteiger partial charge is 0.327 e. The molecule has 2 amide bonds. The highest BCUT2D eigenvalue weighted by Gasteiger charge is 2.59. The third-order valence-corrected chi connectivity index (χ3v) is 4.56. The molecule has 0 bridgehead atoms. The number of amides is 2. The molecule has 2 rings (SSSR count). The van der Waals surface area contributed by atoms with E-state index in [1.165, 1.54) is 18.2 Å². The van der Waals surface area contributed by atoms with E-state index in [2.05, 4.69) is 5.32 Å². The summed E-state index contributed by atoms with van der Waals surface area (Å²) in [6, 6.07) is 4.11. The molecule has 1 unspecified atom stereocenters. The van der Waals surface area contributed by atoms with Crippen LogP contribution in [0.2, 0.25) is 0 Å². The first-order valence-corrected chi connectivity index (χ1v) is 8.87. The summed E-state index contributed by atoms with van der Waals surface area (Å²) in [4.78, 5) is 24.6. The van der Waals surface area contributed by atoms with Crippen molar-refractivity contribution in [2.24, 2.45) is 5.73 Å². The van der Waals surface area contributed by atoms with Crippen LogP contribution >= 0.6 is 0 Å². The highest BCUT2D eigenvalue weighted by atomic mass is 19.3. The molecule has 1 aromatic rings. The number of likely N-dealkylation sites (tertiary alicyclic amines) is 1. The molecule has 1 saturated heterocycles. The van der Waals surface area contributed by atoms with Crippen LogP contribution in [0.25, 0.3) is 0 Å². The average Bonchev–Trinajstić information content (AvgIpc) is 2.62.